The lowest BCUT2D eigenvalue weighted by Gasteiger charge is -2.24. The molecule has 0 aliphatic heterocycles. The average molecular weight is 315 g/mol. The van der Waals surface area contributed by atoms with Gasteiger partial charge in [0.1, 0.15) is 0 Å². The van der Waals surface area contributed by atoms with Gasteiger partial charge in [-0.25, -0.2) is 0 Å². The third-order valence-corrected chi connectivity index (χ3v) is 2.99. The minimum atomic E-state index is -0.959. The molecule has 1 rings (SSSR count). The number of anilines is 1. The van der Waals surface area contributed by atoms with Gasteiger partial charge in [0.2, 0.25) is 0 Å². The van der Waals surface area contributed by atoms with E-state index in [1.807, 2.05) is 0 Å². The Labute approximate surface area is 113 Å². The van der Waals surface area contributed by atoms with Crippen LogP contribution in [0.3, 0.4) is 0 Å². The maximum atomic E-state index is 11.9. The summed E-state index contributed by atoms with van der Waals surface area (Å²) in [5, 5.41) is 11.4. The zero-order chi connectivity index (χ0) is 13.9. The van der Waals surface area contributed by atoms with Gasteiger partial charge in [-0.15, -0.1) is 0 Å². The van der Waals surface area contributed by atoms with Gasteiger partial charge in [0, 0.05) is 21.3 Å². The number of nitrogens with two attached hydrogens (primary N) is 1. The third-order valence-electron chi connectivity index (χ3n) is 2.31. The summed E-state index contributed by atoms with van der Waals surface area (Å²) >= 11 is 3.24. The van der Waals surface area contributed by atoms with Gasteiger partial charge in [0.05, 0.1) is 6.42 Å². The van der Waals surface area contributed by atoms with Crippen LogP contribution in [0, 0.1) is 0 Å². The minimum Gasteiger partial charge on any atom is -0.481 e. The van der Waals surface area contributed by atoms with Crippen LogP contribution in [0.5, 0.6) is 0 Å². The highest BCUT2D eigenvalue weighted by molar-refractivity contribution is 9.10. The first-order valence-electron chi connectivity index (χ1n) is 5.30. The normalized spacial score (nSPS) is 11.1. The van der Waals surface area contributed by atoms with E-state index >= 15 is 0 Å². The van der Waals surface area contributed by atoms with Gasteiger partial charge in [0.25, 0.3) is 5.91 Å². The van der Waals surface area contributed by atoms with E-state index in [1.165, 1.54) is 0 Å². The molecule has 0 spiro atoms. The molecule has 0 saturated carbocycles. The lowest BCUT2D eigenvalue weighted by Crippen LogP contribution is -2.44. The molecule has 0 fully saturated rings. The van der Waals surface area contributed by atoms with Crippen LogP contribution in [0.25, 0.3) is 0 Å². The number of halogens is 1. The summed E-state index contributed by atoms with van der Waals surface area (Å²) < 4.78 is 0.631. The van der Waals surface area contributed by atoms with Crippen molar-refractivity contribution in [1.29, 1.82) is 0 Å². The number of amides is 1. The van der Waals surface area contributed by atoms with Crippen molar-refractivity contribution in [2.75, 3.05) is 5.73 Å². The standard InChI is InChI=1S/C12H15BrN2O3/c1-12(2,6-10(16)17)15-11(18)7-3-4-9(14)8(13)5-7/h3-5H,6,14H2,1-2H3,(H,15,18)(H,16,17). The first kappa shape index (κ1) is 14.5. The first-order chi connectivity index (χ1) is 8.21. The predicted molar refractivity (Wildman–Crippen MR) is 72.4 cm³/mol. The number of nitrogen functional groups attached to an aromatic ring is 1. The van der Waals surface area contributed by atoms with Crippen LogP contribution in [-0.2, 0) is 4.79 Å². The molecule has 0 bridgehead atoms. The molecule has 0 saturated heterocycles. The molecule has 0 aliphatic rings. The lowest BCUT2D eigenvalue weighted by atomic mass is 10.00. The van der Waals surface area contributed by atoms with Crippen molar-refractivity contribution >= 4 is 33.5 Å². The summed E-state index contributed by atoms with van der Waals surface area (Å²) in [4.78, 5) is 22.6. The van der Waals surface area contributed by atoms with Crippen molar-refractivity contribution in [2.45, 2.75) is 25.8 Å². The highest BCUT2D eigenvalue weighted by Gasteiger charge is 2.24. The summed E-state index contributed by atoms with van der Waals surface area (Å²) in [6.45, 7) is 3.32. The second-order valence-corrected chi connectivity index (χ2v) is 5.50. The maximum Gasteiger partial charge on any atom is 0.305 e. The van der Waals surface area contributed by atoms with Crippen LogP contribution in [0.1, 0.15) is 30.6 Å². The second kappa shape index (κ2) is 5.39. The van der Waals surface area contributed by atoms with E-state index in [0.717, 1.165) is 0 Å². The van der Waals surface area contributed by atoms with E-state index < -0.39 is 11.5 Å². The molecule has 0 aliphatic carbocycles. The van der Waals surface area contributed by atoms with Crippen molar-refractivity contribution in [3.63, 3.8) is 0 Å². The zero-order valence-corrected chi connectivity index (χ0v) is 11.7. The SMILES string of the molecule is CC(C)(CC(=O)O)NC(=O)c1ccc(N)c(Br)c1. The molecule has 4 N–H and O–H groups in total. The van der Waals surface area contributed by atoms with Crippen LogP contribution < -0.4 is 11.1 Å². The Bertz CT molecular complexity index is 486. The Morgan fingerprint density at radius 1 is 1.44 bits per heavy atom. The summed E-state index contributed by atoms with van der Waals surface area (Å²) in [7, 11) is 0. The molecular weight excluding hydrogens is 300 g/mol. The van der Waals surface area contributed by atoms with E-state index in [2.05, 4.69) is 21.2 Å². The highest BCUT2D eigenvalue weighted by atomic mass is 79.9. The molecule has 0 atom stereocenters. The Balaban J connectivity index is 2.82. The van der Waals surface area contributed by atoms with E-state index in [9.17, 15) is 9.59 Å². The van der Waals surface area contributed by atoms with Gasteiger partial charge in [0.15, 0.2) is 0 Å². The number of carbonyl (C=O) groups excluding carboxylic acids is 1. The summed E-state index contributed by atoms with van der Waals surface area (Å²) in [5.74, 6) is -1.29. The van der Waals surface area contributed by atoms with Crippen LogP contribution >= 0.6 is 15.9 Å². The average Bonchev–Trinajstić information content (AvgIpc) is 2.19. The zero-order valence-electron chi connectivity index (χ0n) is 10.2. The molecule has 98 valence electrons. The van der Waals surface area contributed by atoms with Crippen LogP contribution in [0.2, 0.25) is 0 Å². The Morgan fingerprint density at radius 2 is 2.06 bits per heavy atom. The molecule has 1 aromatic carbocycles. The van der Waals surface area contributed by atoms with Crippen LogP contribution in [-0.4, -0.2) is 22.5 Å². The number of carboxylic acids is 1. The van der Waals surface area contributed by atoms with Crippen molar-refractivity contribution in [3.05, 3.63) is 28.2 Å². The predicted octanol–water partition coefficient (Wildman–Crippen LogP) is 2.01. The fraction of sp³-hybridized carbons (Fsp3) is 0.333. The number of hydrogen-bond donors (Lipinski definition) is 3. The maximum absolute atomic E-state index is 11.9. The summed E-state index contributed by atoms with van der Waals surface area (Å²) in [6, 6.07) is 4.80. The van der Waals surface area contributed by atoms with Gasteiger partial charge in [-0.1, -0.05) is 0 Å². The monoisotopic (exact) mass is 314 g/mol. The molecule has 5 nitrogen and oxygen atoms in total. The fourth-order valence-corrected chi connectivity index (χ4v) is 1.85. The second-order valence-electron chi connectivity index (χ2n) is 4.64. The topological polar surface area (TPSA) is 92.4 Å². The smallest absolute Gasteiger partial charge is 0.305 e. The van der Waals surface area contributed by atoms with E-state index in [0.29, 0.717) is 15.7 Å². The van der Waals surface area contributed by atoms with Crippen molar-refractivity contribution in [2.24, 2.45) is 0 Å². The van der Waals surface area contributed by atoms with Gasteiger partial charge < -0.3 is 16.2 Å². The molecule has 0 heterocycles. The number of rotatable bonds is 4. The molecule has 0 unspecified atom stereocenters. The quantitative estimate of drug-likeness (QED) is 0.741. The molecule has 0 aromatic heterocycles. The Kier molecular flexibility index (Phi) is 4.34. The number of aliphatic carboxylic acids is 1. The Morgan fingerprint density at radius 3 is 2.56 bits per heavy atom. The van der Waals surface area contributed by atoms with Crippen molar-refractivity contribution in [1.82, 2.24) is 5.32 Å². The number of benzene rings is 1. The highest BCUT2D eigenvalue weighted by Crippen LogP contribution is 2.21. The van der Waals surface area contributed by atoms with Gasteiger partial charge in [-0.05, 0) is 48.0 Å². The molecule has 0 radical (unpaired) electrons. The first-order valence-corrected chi connectivity index (χ1v) is 6.10. The van der Waals surface area contributed by atoms with Crippen LogP contribution in [0.15, 0.2) is 22.7 Å². The molecule has 18 heavy (non-hydrogen) atoms. The lowest BCUT2D eigenvalue weighted by molar-refractivity contribution is -0.138. The largest absolute Gasteiger partial charge is 0.481 e. The van der Waals surface area contributed by atoms with Crippen molar-refractivity contribution in [3.8, 4) is 0 Å². The van der Waals surface area contributed by atoms with Crippen molar-refractivity contribution < 1.29 is 14.7 Å². The number of carboxylic acid groups (broad SMARTS) is 1. The molecule has 6 heteroatoms. The van der Waals surface area contributed by atoms with Gasteiger partial charge in [-0.2, -0.15) is 0 Å². The fourth-order valence-electron chi connectivity index (χ4n) is 1.47. The number of nitrogens with one attached hydrogen (secondary N) is 1. The van der Waals surface area contributed by atoms with E-state index in [1.54, 1.807) is 32.0 Å². The number of carbonyl (C=O) groups is 2. The van der Waals surface area contributed by atoms with Gasteiger partial charge >= 0.3 is 5.97 Å². The van der Waals surface area contributed by atoms with Gasteiger partial charge in [-0.3, -0.25) is 9.59 Å². The minimum absolute atomic E-state index is 0.144. The Hall–Kier alpha value is -1.56. The van der Waals surface area contributed by atoms with E-state index in [4.69, 9.17) is 10.8 Å². The summed E-state index contributed by atoms with van der Waals surface area (Å²) in [5.41, 5.74) is 5.78. The van der Waals surface area contributed by atoms with E-state index in [-0.39, 0.29) is 12.3 Å². The summed E-state index contributed by atoms with van der Waals surface area (Å²) in [6.07, 6.45) is -0.144. The molecular formula is C12H15BrN2O3. The van der Waals surface area contributed by atoms with Crippen LogP contribution in [0.4, 0.5) is 5.69 Å². The third kappa shape index (κ3) is 4.03. The number of hydrogen-bond acceptors (Lipinski definition) is 3. The molecule has 1 aromatic rings. The molecule has 1 amide bonds.